The third-order valence-corrected chi connectivity index (χ3v) is 6.47. The van der Waals surface area contributed by atoms with Crippen molar-refractivity contribution in [3.63, 3.8) is 0 Å². The minimum atomic E-state index is 0.104. The summed E-state index contributed by atoms with van der Waals surface area (Å²) in [6, 6.07) is 10.8. The van der Waals surface area contributed by atoms with Gasteiger partial charge in [-0.3, -0.25) is 9.89 Å². The van der Waals surface area contributed by atoms with Crippen molar-refractivity contribution in [2.45, 2.75) is 69.1 Å². The number of likely N-dealkylation sites (tertiary alicyclic amines) is 1. The average Bonchev–Trinajstić information content (AvgIpc) is 3.56. The highest BCUT2D eigenvalue weighted by Gasteiger charge is 2.53. The summed E-state index contributed by atoms with van der Waals surface area (Å²) >= 11 is 0. The number of nitrogens with zero attached hydrogens (tertiary/aromatic N) is 2. The molecule has 1 aliphatic heterocycles. The third-order valence-electron chi connectivity index (χ3n) is 6.47. The number of hydrogen-bond donors (Lipinski definition) is 2. The standard InChI is InChI=1S/C21H32N4O/c1-14-11-15(13-25(14)16-9-10-16)23-20(22-3)24-19-12-21(19,2)17-7-5-6-8-18(17)26-4/h5-8,14-16,19H,9-13H2,1-4H3,(H2,22,23,24). The van der Waals surface area contributed by atoms with E-state index in [1.54, 1.807) is 7.11 Å². The van der Waals surface area contributed by atoms with Gasteiger partial charge in [-0.05, 0) is 38.7 Å². The quantitative estimate of drug-likeness (QED) is 0.629. The van der Waals surface area contributed by atoms with Crippen LogP contribution >= 0.6 is 0 Å². The van der Waals surface area contributed by atoms with Gasteiger partial charge in [-0.1, -0.05) is 25.1 Å². The molecular weight excluding hydrogens is 324 g/mol. The van der Waals surface area contributed by atoms with Crippen LogP contribution in [-0.2, 0) is 5.41 Å². The lowest BCUT2D eigenvalue weighted by Crippen LogP contribution is -2.46. The van der Waals surface area contributed by atoms with Crippen LogP contribution in [-0.4, -0.2) is 55.7 Å². The molecule has 5 nitrogen and oxygen atoms in total. The van der Waals surface area contributed by atoms with Crippen LogP contribution < -0.4 is 15.4 Å². The van der Waals surface area contributed by atoms with Crippen molar-refractivity contribution in [2.75, 3.05) is 20.7 Å². The van der Waals surface area contributed by atoms with E-state index in [4.69, 9.17) is 4.74 Å². The molecule has 2 N–H and O–H groups in total. The molecule has 1 aromatic carbocycles. The Morgan fingerprint density at radius 2 is 2.04 bits per heavy atom. The Bertz CT molecular complexity index is 686. The van der Waals surface area contributed by atoms with Gasteiger partial charge in [-0.15, -0.1) is 0 Å². The predicted molar refractivity (Wildman–Crippen MR) is 106 cm³/mol. The molecule has 142 valence electrons. The number of para-hydroxylation sites is 1. The zero-order valence-corrected chi connectivity index (χ0v) is 16.5. The van der Waals surface area contributed by atoms with Crippen LogP contribution in [0.25, 0.3) is 0 Å². The Morgan fingerprint density at radius 3 is 2.73 bits per heavy atom. The first-order valence-electron chi connectivity index (χ1n) is 9.94. The smallest absolute Gasteiger partial charge is 0.191 e. The largest absolute Gasteiger partial charge is 0.496 e. The van der Waals surface area contributed by atoms with Crippen LogP contribution in [0.5, 0.6) is 5.75 Å². The second-order valence-electron chi connectivity index (χ2n) is 8.44. The lowest BCUT2D eigenvalue weighted by molar-refractivity contribution is 0.256. The summed E-state index contributed by atoms with van der Waals surface area (Å²) < 4.78 is 5.57. The van der Waals surface area contributed by atoms with E-state index in [0.717, 1.165) is 30.7 Å². The van der Waals surface area contributed by atoms with Crippen molar-refractivity contribution < 1.29 is 4.74 Å². The molecule has 4 unspecified atom stereocenters. The Kier molecular flexibility index (Phi) is 4.59. The van der Waals surface area contributed by atoms with Gasteiger partial charge in [0.15, 0.2) is 5.96 Å². The van der Waals surface area contributed by atoms with E-state index >= 15 is 0 Å². The van der Waals surface area contributed by atoms with Gasteiger partial charge in [0, 0.05) is 48.7 Å². The van der Waals surface area contributed by atoms with E-state index in [9.17, 15) is 0 Å². The van der Waals surface area contributed by atoms with Gasteiger partial charge in [-0.2, -0.15) is 0 Å². The minimum Gasteiger partial charge on any atom is -0.496 e. The highest BCUT2D eigenvalue weighted by atomic mass is 16.5. The van der Waals surface area contributed by atoms with Gasteiger partial charge in [-0.25, -0.2) is 0 Å². The van der Waals surface area contributed by atoms with Gasteiger partial charge in [0.05, 0.1) is 7.11 Å². The van der Waals surface area contributed by atoms with E-state index in [0.29, 0.717) is 18.1 Å². The maximum Gasteiger partial charge on any atom is 0.191 e. The number of rotatable bonds is 5. The molecule has 1 aromatic rings. The number of ether oxygens (including phenoxy) is 1. The molecule has 0 aromatic heterocycles. The molecule has 0 amide bonds. The fourth-order valence-electron chi connectivity index (χ4n) is 4.59. The normalized spacial score (nSPS) is 34.6. The van der Waals surface area contributed by atoms with Crippen molar-refractivity contribution in [3.05, 3.63) is 29.8 Å². The fraction of sp³-hybridized carbons (Fsp3) is 0.667. The Morgan fingerprint density at radius 1 is 1.27 bits per heavy atom. The highest BCUT2D eigenvalue weighted by Crippen LogP contribution is 2.50. The number of guanidine groups is 1. The van der Waals surface area contributed by atoms with E-state index in [1.165, 1.54) is 24.8 Å². The molecule has 26 heavy (non-hydrogen) atoms. The summed E-state index contributed by atoms with van der Waals surface area (Å²) in [5.41, 5.74) is 1.39. The summed E-state index contributed by atoms with van der Waals surface area (Å²) in [5.74, 6) is 1.91. The zero-order valence-electron chi connectivity index (χ0n) is 16.5. The van der Waals surface area contributed by atoms with Crippen LogP contribution in [0.3, 0.4) is 0 Å². The van der Waals surface area contributed by atoms with Gasteiger partial charge in [0.2, 0.25) is 0 Å². The first-order chi connectivity index (χ1) is 12.5. The molecule has 2 saturated carbocycles. The summed E-state index contributed by atoms with van der Waals surface area (Å²) in [6.45, 7) is 5.80. The Labute approximate surface area is 157 Å². The molecular formula is C21H32N4O. The van der Waals surface area contributed by atoms with E-state index in [1.807, 2.05) is 13.1 Å². The van der Waals surface area contributed by atoms with Crippen LogP contribution in [0.15, 0.2) is 29.3 Å². The number of hydrogen-bond acceptors (Lipinski definition) is 3. The summed E-state index contributed by atoms with van der Waals surface area (Å²) in [7, 11) is 3.62. The lowest BCUT2D eigenvalue weighted by Gasteiger charge is -2.21. The maximum atomic E-state index is 5.57. The Balaban J connectivity index is 1.36. The fourth-order valence-corrected chi connectivity index (χ4v) is 4.59. The second-order valence-corrected chi connectivity index (χ2v) is 8.44. The second kappa shape index (κ2) is 6.76. The SMILES string of the molecule is CN=C(NC1CC(C)N(C2CC2)C1)NC1CC1(C)c1ccccc1OC. The van der Waals surface area contributed by atoms with Crippen molar-refractivity contribution >= 4 is 5.96 Å². The minimum absolute atomic E-state index is 0.104. The molecule has 1 saturated heterocycles. The van der Waals surface area contributed by atoms with Crippen LogP contribution in [0.2, 0.25) is 0 Å². The molecule has 0 radical (unpaired) electrons. The van der Waals surface area contributed by atoms with Gasteiger partial charge in [0.25, 0.3) is 0 Å². The summed E-state index contributed by atoms with van der Waals surface area (Å²) in [5, 5.41) is 7.31. The summed E-state index contributed by atoms with van der Waals surface area (Å²) in [4.78, 5) is 7.16. The maximum absolute atomic E-state index is 5.57. The molecule has 4 rings (SSSR count). The third kappa shape index (κ3) is 3.29. The number of methoxy groups -OCH3 is 1. The van der Waals surface area contributed by atoms with Crippen LogP contribution in [0, 0.1) is 0 Å². The number of nitrogens with one attached hydrogen (secondary N) is 2. The van der Waals surface area contributed by atoms with Crippen molar-refractivity contribution in [3.8, 4) is 5.75 Å². The molecule has 3 fully saturated rings. The first-order valence-corrected chi connectivity index (χ1v) is 9.94. The van der Waals surface area contributed by atoms with Gasteiger partial charge in [0.1, 0.15) is 5.75 Å². The monoisotopic (exact) mass is 356 g/mol. The van der Waals surface area contributed by atoms with Crippen LogP contribution in [0.1, 0.15) is 45.1 Å². The molecule has 1 heterocycles. The zero-order chi connectivity index (χ0) is 18.3. The molecule has 0 spiro atoms. The van der Waals surface area contributed by atoms with E-state index in [2.05, 4.69) is 52.6 Å². The van der Waals surface area contributed by atoms with Crippen molar-refractivity contribution in [2.24, 2.45) is 4.99 Å². The highest BCUT2D eigenvalue weighted by molar-refractivity contribution is 5.81. The predicted octanol–water partition coefficient (Wildman–Crippen LogP) is 2.52. The van der Waals surface area contributed by atoms with Gasteiger partial charge >= 0.3 is 0 Å². The van der Waals surface area contributed by atoms with Crippen LogP contribution in [0.4, 0.5) is 0 Å². The Hall–Kier alpha value is -1.75. The molecule has 5 heteroatoms. The molecule has 3 aliphatic rings. The van der Waals surface area contributed by atoms with Crippen molar-refractivity contribution in [1.29, 1.82) is 0 Å². The summed E-state index contributed by atoms with van der Waals surface area (Å²) in [6.07, 6.45) is 5.06. The number of aliphatic imine (C=N–C) groups is 1. The first kappa shape index (κ1) is 17.7. The van der Waals surface area contributed by atoms with Crippen molar-refractivity contribution in [1.82, 2.24) is 15.5 Å². The van der Waals surface area contributed by atoms with E-state index < -0.39 is 0 Å². The van der Waals surface area contributed by atoms with Gasteiger partial charge < -0.3 is 15.4 Å². The average molecular weight is 357 g/mol. The topological polar surface area (TPSA) is 48.9 Å². The lowest BCUT2D eigenvalue weighted by atomic mass is 9.96. The molecule has 4 atom stereocenters. The molecule has 0 bridgehead atoms. The molecule has 2 aliphatic carbocycles. The van der Waals surface area contributed by atoms with E-state index in [-0.39, 0.29) is 5.41 Å². The number of benzene rings is 1.